The van der Waals surface area contributed by atoms with Crippen LogP contribution in [0.2, 0.25) is 0 Å². The Kier molecular flexibility index (Phi) is 17.1. The standard InChI is InChI=1S/C20H41/c1-4-6-8-9-10-11-12-13-14-15-16-17-19-20(3)18-7-5-2/h20H,1,4-19H2,2-3H3. The Bertz CT molecular complexity index is 161. The minimum Gasteiger partial charge on any atom is -0.0654 e. The molecular weight excluding hydrogens is 240 g/mol. The molecule has 1 radical (unpaired) electrons. The molecule has 0 heteroatoms. The average Bonchev–Trinajstić information content (AvgIpc) is 2.46. The monoisotopic (exact) mass is 281 g/mol. The van der Waals surface area contributed by atoms with E-state index in [1.54, 1.807) is 0 Å². The van der Waals surface area contributed by atoms with Crippen LogP contribution in [0.3, 0.4) is 0 Å². The molecule has 0 aliphatic heterocycles. The Hall–Kier alpha value is 0. The summed E-state index contributed by atoms with van der Waals surface area (Å²) in [5, 5.41) is 0. The van der Waals surface area contributed by atoms with E-state index in [0.717, 1.165) is 12.3 Å². The van der Waals surface area contributed by atoms with Crippen molar-refractivity contribution in [3.05, 3.63) is 6.92 Å². The van der Waals surface area contributed by atoms with E-state index in [0.29, 0.717) is 0 Å². The largest absolute Gasteiger partial charge is 0.0654 e. The summed E-state index contributed by atoms with van der Waals surface area (Å²) < 4.78 is 0. The van der Waals surface area contributed by atoms with Crippen LogP contribution in [0.5, 0.6) is 0 Å². The molecule has 0 fully saturated rings. The van der Waals surface area contributed by atoms with Gasteiger partial charge in [-0.15, -0.1) is 0 Å². The molecule has 0 heterocycles. The van der Waals surface area contributed by atoms with E-state index in [1.807, 2.05) is 0 Å². The van der Waals surface area contributed by atoms with Crippen LogP contribution in [0.25, 0.3) is 0 Å². The first-order valence-corrected chi connectivity index (χ1v) is 9.60. The van der Waals surface area contributed by atoms with Crippen molar-refractivity contribution in [3.8, 4) is 0 Å². The molecule has 0 N–H and O–H groups in total. The van der Waals surface area contributed by atoms with E-state index < -0.39 is 0 Å². The van der Waals surface area contributed by atoms with Crippen molar-refractivity contribution < 1.29 is 0 Å². The van der Waals surface area contributed by atoms with E-state index in [4.69, 9.17) is 0 Å². The highest BCUT2D eigenvalue weighted by molar-refractivity contribution is 4.54. The van der Waals surface area contributed by atoms with Gasteiger partial charge in [-0.3, -0.25) is 0 Å². The molecule has 121 valence electrons. The van der Waals surface area contributed by atoms with Gasteiger partial charge in [0.25, 0.3) is 0 Å². The molecule has 0 rings (SSSR count). The highest BCUT2D eigenvalue weighted by atomic mass is 14.1. The maximum absolute atomic E-state index is 3.89. The summed E-state index contributed by atoms with van der Waals surface area (Å²) in [4.78, 5) is 0. The van der Waals surface area contributed by atoms with Gasteiger partial charge in [-0.2, -0.15) is 0 Å². The van der Waals surface area contributed by atoms with Crippen molar-refractivity contribution in [3.63, 3.8) is 0 Å². The number of hydrogen-bond donors (Lipinski definition) is 0. The predicted octanol–water partition coefficient (Wildman–Crippen LogP) is 7.72. The molecule has 0 aromatic carbocycles. The highest BCUT2D eigenvalue weighted by Gasteiger charge is 2.00. The third kappa shape index (κ3) is 16.1. The van der Waals surface area contributed by atoms with Gasteiger partial charge < -0.3 is 0 Å². The van der Waals surface area contributed by atoms with Crippen LogP contribution in [0, 0.1) is 12.8 Å². The molecule has 0 saturated heterocycles. The second kappa shape index (κ2) is 17.1. The SMILES string of the molecule is [CH2]CCCCCCCCCCCCCC(C)CCCC. The molecule has 0 saturated carbocycles. The van der Waals surface area contributed by atoms with Gasteiger partial charge in [0, 0.05) is 0 Å². The number of hydrogen-bond acceptors (Lipinski definition) is 0. The fraction of sp³-hybridized carbons (Fsp3) is 0.950. The highest BCUT2D eigenvalue weighted by Crippen LogP contribution is 2.17. The zero-order valence-corrected chi connectivity index (χ0v) is 14.6. The lowest BCUT2D eigenvalue weighted by molar-refractivity contribution is 0.440. The Morgan fingerprint density at radius 1 is 0.600 bits per heavy atom. The van der Waals surface area contributed by atoms with Gasteiger partial charge in [0.05, 0.1) is 0 Å². The molecule has 0 aliphatic rings. The first-order chi connectivity index (χ1) is 9.81. The molecule has 0 spiro atoms. The molecule has 0 aliphatic carbocycles. The second-order valence-electron chi connectivity index (χ2n) is 6.78. The van der Waals surface area contributed by atoms with Crippen LogP contribution in [0.15, 0.2) is 0 Å². The zero-order chi connectivity index (χ0) is 14.9. The average molecular weight is 282 g/mol. The quantitative estimate of drug-likeness (QED) is 0.254. The Morgan fingerprint density at radius 2 is 1.00 bits per heavy atom. The summed E-state index contributed by atoms with van der Waals surface area (Å²) in [7, 11) is 0. The number of unbranched alkanes of at least 4 members (excludes halogenated alkanes) is 12. The minimum atomic E-state index is 0.966. The maximum Gasteiger partial charge on any atom is -0.0443 e. The first-order valence-electron chi connectivity index (χ1n) is 9.60. The summed E-state index contributed by atoms with van der Waals surface area (Å²) in [6.07, 6.45) is 22.7. The van der Waals surface area contributed by atoms with Crippen LogP contribution in [0.4, 0.5) is 0 Å². The van der Waals surface area contributed by atoms with Gasteiger partial charge in [0.2, 0.25) is 0 Å². The van der Waals surface area contributed by atoms with Gasteiger partial charge in [-0.1, -0.05) is 124 Å². The summed E-state index contributed by atoms with van der Waals surface area (Å²) in [6.45, 7) is 8.63. The van der Waals surface area contributed by atoms with Crippen molar-refractivity contribution in [1.29, 1.82) is 0 Å². The molecule has 1 unspecified atom stereocenters. The summed E-state index contributed by atoms with van der Waals surface area (Å²) in [5.74, 6) is 0.966. The summed E-state index contributed by atoms with van der Waals surface area (Å²) in [6, 6.07) is 0. The second-order valence-corrected chi connectivity index (χ2v) is 6.78. The van der Waals surface area contributed by atoms with Crippen molar-refractivity contribution in [1.82, 2.24) is 0 Å². The van der Waals surface area contributed by atoms with Gasteiger partial charge in [0.1, 0.15) is 0 Å². The smallest absolute Gasteiger partial charge is 0.0443 e. The van der Waals surface area contributed by atoms with E-state index in [-0.39, 0.29) is 0 Å². The first kappa shape index (κ1) is 20.0. The summed E-state index contributed by atoms with van der Waals surface area (Å²) in [5.41, 5.74) is 0. The van der Waals surface area contributed by atoms with E-state index in [1.165, 1.54) is 96.3 Å². The van der Waals surface area contributed by atoms with Crippen molar-refractivity contribution in [2.75, 3.05) is 0 Å². The van der Waals surface area contributed by atoms with Gasteiger partial charge in [0.15, 0.2) is 0 Å². The molecule has 1 atom stereocenters. The molecule has 0 aromatic rings. The van der Waals surface area contributed by atoms with Crippen LogP contribution in [-0.4, -0.2) is 0 Å². The van der Waals surface area contributed by atoms with E-state index >= 15 is 0 Å². The Balaban J connectivity index is 3.02. The van der Waals surface area contributed by atoms with Crippen molar-refractivity contribution in [2.45, 2.75) is 117 Å². The Labute approximate surface area is 130 Å². The lowest BCUT2D eigenvalue weighted by Crippen LogP contribution is -1.94. The molecule has 0 bridgehead atoms. The molecule has 0 nitrogen and oxygen atoms in total. The number of rotatable bonds is 16. The maximum atomic E-state index is 3.89. The van der Waals surface area contributed by atoms with Crippen molar-refractivity contribution in [2.24, 2.45) is 5.92 Å². The third-order valence-corrected chi connectivity index (χ3v) is 4.50. The minimum absolute atomic E-state index is 0.966. The third-order valence-electron chi connectivity index (χ3n) is 4.50. The van der Waals surface area contributed by atoms with Gasteiger partial charge >= 0.3 is 0 Å². The van der Waals surface area contributed by atoms with Crippen LogP contribution in [-0.2, 0) is 0 Å². The van der Waals surface area contributed by atoms with Crippen molar-refractivity contribution >= 4 is 0 Å². The fourth-order valence-electron chi connectivity index (χ4n) is 2.96. The van der Waals surface area contributed by atoms with Crippen LogP contribution in [0.1, 0.15) is 117 Å². The lowest BCUT2D eigenvalue weighted by Gasteiger charge is -2.10. The van der Waals surface area contributed by atoms with E-state index in [2.05, 4.69) is 20.8 Å². The zero-order valence-electron chi connectivity index (χ0n) is 14.6. The normalized spacial score (nSPS) is 12.8. The summed E-state index contributed by atoms with van der Waals surface area (Å²) >= 11 is 0. The van der Waals surface area contributed by atoms with Gasteiger partial charge in [-0.25, -0.2) is 0 Å². The lowest BCUT2D eigenvalue weighted by atomic mass is 9.97. The predicted molar refractivity (Wildman–Crippen MR) is 94.1 cm³/mol. The molecule has 0 aromatic heterocycles. The van der Waals surface area contributed by atoms with Gasteiger partial charge in [-0.05, 0) is 5.92 Å². The molecule has 0 amide bonds. The molecule has 20 heavy (non-hydrogen) atoms. The Morgan fingerprint density at radius 3 is 1.45 bits per heavy atom. The van der Waals surface area contributed by atoms with Crippen LogP contribution < -0.4 is 0 Å². The van der Waals surface area contributed by atoms with Crippen LogP contribution >= 0.6 is 0 Å². The topological polar surface area (TPSA) is 0 Å². The van der Waals surface area contributed by atoms with E-state index in [9.17, 15) is 0 Å². The molecular formula is C20H41. The fourth-order valence-corrected chi connectivity index (χ4v) is 2.96.